The summed E-state index contributed by atoms with van der Waals surface area (Å²) >= 11 is 1.22. The summed E-state index contributed by atoms with van der Waals surface area (Å²) in [5, 5.41) is 3.53. The summed E-state index contributed by atoms with van der Waals surface area (Å²) in [5.74, 6) is 0.532. The Bertz CT molecular complexity index is 1030. The van der Waals surface area contributed by atoms with Gasteiger partial charge in [0.05, 0.1) is 12.0 Å². The molecule has 0 bridgehead atoms. The standard InChI is InChI=1S/C19H17N3O4S/c1-10-11(2)26-17-14(10)15(20-16(23)12-6-4-3-5-7-12)21-19(22-17)27-13-8-9-25-18(13)24/h3-7,13H,8-9H2,1-2H3,(H,20,21,22,23)/t13-/m0/s1. The third-order valence-corrected chi connectivity index (χ3v) is 5.52. The number of aryl methyl sites for hydroxylation is 2. The minimum Gasteiger partial charge on any atom is -0.465 e. The molecule has 138 valence electrons. The molecule has 1 atom stereocenters. The van der Waals surface area contributed by atoms with E-state index in [1.54, 1.807) is 24.3 Å². The first-order chi connectivity index (χ1) is 13.0. The van der Waals surface area contributed by atoms with Crippen molar-refractivity contribution in [3.8, 4) is 0 Å². The number of carbonyl (C=O) groups is 2. The molecule has 1 fully saturated rings. The lowest BCUT2D eigenvalue weighted by atomic mass is 10.2. The van der Waals surface area contributed by atoms with Crippen molar-refractivity contribution in [2.24, 2.45) is 0 Å². The van der Waals surface area contributed by atoms with Gasteiger partial charge in [-0.1, -0.05) is 30.0 Å². The number of nitrogens with zero attached hydrogens (tertiary/aromatic N) is 2. The third kappa shape index (κ3) is 3.40. The van der Waals surface area contributed by atoms with Gasteiger partial charge in [-0.25, -0.2) is 4.98 Å². The van der Waals surface area contributed by atoms with Gasteiger partial charge in [-0.05, 0) is 26.0 Å². The number of esters is 1. The molecule has 0 radical (unpaired) electrons. The van der Waals surface area contributed by atoms with Crippen LogP contribution in [-0.2, 0) is 9.53 Å². The van der Waals surface area contributed by atoms with Crippen LogP contribution in [0.4, 0.5) is 5.82 Å². The lowest BCUT2D eigenvalue weighted by molar-refractivity contribution is -0.137. The largest absolute Gasteiger partial charge is 0.465 e. The molecular formula is C19H17N3O4S. The van der Waals surface area contributed by atoms with Gasteiger partial charge in [-0.2, -0.15) is 4.98 Å². The number of cyclic esters (lactones) is 1. The molecule has 1 amide bonds. The highest BCUT2D eigenvalue weighted by Crippen LogP contribution is 2.34. The summed E-state index contributed by atoms with van der Waals surface area (Å²) in [4.78, 5) is 33.3. The van der Waals surface area contributed by atoms with Crippen LogP contribution in [0.1, 0.15) is 28.1 Å². The monoisotopic (exact) mass is 383 g/mol. The fourth-order valence-corrected chi connectivity index (χ4v) is 3.77. The molecule has 1 saturated heterocycles. The molecule has 1 aromatic carbocycles. The van der Waals surface area contributed by atoms with E-state index in [1.807, 2.05) is 19.9 Å². The normalized spacial score (nSPS) is 16.5. The summed E-state index contributed by atoms with van der Waals surface area (Å²) in [5.41, 5.74) is 1.78. The molecule has 27 heavy (non-hydrogen) atoms. The molecule has 3 aromatic rings. The summed E-state index contributed by atoms with van der Waals surface area (Å²) < 4.78 is 10.7. The molecular weight excluding hydrogens is 366 g/mol. The van der Waals surface area contributed by atoms with Crippen LogP contribution in [0.5, 0.6) is 0 Å². The van der Waals surface area contributed by atoms with Crippen LogP contribution in [0.3, 0.4) is 0 Å². The number of amides is 1. The maximum absolute atomic E-state index is 12.6. The maximum atomic E-state index is 12.6. The van der Waals surface area contributed by atoms with E-state index < -0.39 is 0 Å². The number of furan rings is 1. The Morgan fingerprint density at radius 1 is 1.22 bits per heavy atom. The summed E-state index contributed by atoms with van der Waals surface area (Å²) in [7, 11) is 0. The smallest absolute Gasteiger partial charge is 0.319 e. The predicted octanol–water partition coefficient (Wildman–Crippen LogP) is 3.50. The van der Waals surface area contributed by atoms with E-state index in [4.69, 9.17) is 9.15 Å². The van der Waals surface area contributed by atoms with Crippen molar-refractivity contribution < 1.29 is 18.7 Å². The van der Waals surface area contributed by atoms with Crippen LogP contribution in [-0.4, -0.2) is 33.7 Å². The first-order valence-corrected chi connectivity index (χ1v) is 9.38. The van der Waals surface area contributed by atoms with E-state index in [-0.39, 0.29) is 17.1 Å². The molecule has 2 aromatic heterocycles. The van der Waals surface area contributed by atoms with Crippen LogP contribution in [0.15, 0.2) is 39.9 Å². The lowest BCUT2D eigenvalue weighted by Crippen LogP contribution is -2.15. The summed E-state index contributed by atoms with van der Waals surface area (Å²) in [6.07, 6.45) is 0.604. The van der Waals surface area contributed by atoms with Crippen LogP contribution in [0.2, 0.25) is 0 Å². The van der Waals surface area contributed by atoms with Gasteiger partial charge in [0.1, 0.15) is 16.8 Å². The number of aromatic nitrogens is 2. The Hall–Kier alpha value is -2.87. The van der Waals surface area contributed by atoms with Gasteiger partial charge in [0.2, 0.25) is 5.71 Å². The number of nitrogens with one attached hydrogen (secondary N) is 1. The number of benzene rings is 1. The fourth-order valence-electron chi connectivity index (χ4n) is 2.85. The number of anilines is 1. The average molecular weight is 383 g/mol. The molecule has 1 aliphatic heterocycles. The molecule has 0 unspecified atom stereocenters. The van der Waals surface area contributed by atoms with Gasteiger partial charge in [0.15, 0.2) is 5.16 Å². The molecule has 0 spiro atoms. The second-order valence-electron chi connectivity index (χ2n) is 6.20. The first kappa shape index (κ1) is 17.5. The first-order valence-electron chi connectivity index (χ1n) is 8.50. The summed E-state index contributed by atoms with van der Waals surface area (Å²) in [6.45, 7) is 4.13. The highest BCUT2D eigenvalue weighted by molar-refractivity contribution is 8.00. The zero-order valence-corrected chi connectivity index (χ0v) is 15.6. The predicted molar refractivity (Wildman–Crippen MR) is 101 cm³/mol. The molecule has 0 aliphatic carbocycles. The molecule has 3 heterocycles. The van der Waals surface area contributed by atoms with Crippen molar-refractivity contribution in [3.05, 3.63) is 47.2 Å². The number of ether oxygens (including phenoxy) is 1. The molecule has 7 nitrogen and oxygen atoms in total. The van der Waals surface area contributed by atoms with Gasteiger partial charge in [-0.15, -0.1) is 0 Å². The highest BCUT2D eigenvalue weighted by atomic mass is 32.2. The second kappa shape index (κ2) is 7.03. The van der Waals surface area contributed by atoms with Gasteiger partial charge >= 0.3 is 5.97 Å². The number of thioether (sulfide) groups is 1. The average Bonchev–Trinajstić information content (AvgIpc) is 3.19. The zero-order chi connectivity index (χ0) is 19.0. The van der Waals surface area contributed by atoms with E-state index in [9.17, 15) is 9.59 Å². The molecule has 1 N–H and O–H groups in total. The Labute approximate surface area is 159 Å². The quantitative estimate of drug-likeness (QED) is 0.544. The molecule has 4 rings (SSSR count). The minimum atomic E-state index is -0.350. The van der Waals surface area contributed by atoms with E-state index in [0.717, 1.165) is 5.56 Å². The van der Waals surface area contributed by atoms with Crippen molar-refractivity contribution in [1.29, 1.82) is 0 Å². The highest BCUT2D eigenvalue weighted by Gasteiger charge is 2.29. The van der Waals surface area contributed by atoms with E-state index in [0.29, 0.717) is 46.4 Å². The number of carbonyl (C=O) groups excluding carboxylic acids is 2. The number of hydrogen-bond acceptors (Lipinski definition) is 7. The fraction of sp³-hybridized carbons (Fsp3) is 0.263. The molecule has 1 aliphatic rings. The van der Waals surface area contributed by atoms with E-state index in [1.165, 1.54) is 11.8 Å². The Kier molecular flexibility index (Phi) is 4.57. The Morgan fingerprint density at radius 3 is 2.70 bits per heavy atom. The van der Waals surface area contributed by atoms with E-state index >= 15 is 0 Å². The van der Waals surface area contributed by atoms with Gasteiger partial charge in [-0.3, -0.25) is 9.59 Å². The van der Waals surface area contributed by atoms with Crippen LogP contribution in [0, 0.1) is 13.8 Å². The Morgan fingerprint density at radius 2 is 2.00 bits per heavy atom. The van der Waals surface area contributed by atoms with Crippen molar-refractivity contribution in [1.82, 2.24) is 9.97 Å². The number of hydrogen-bond donors (Lipinski definition) is 1. The van der Waals surface area contributed by atoms with Crippen molar-refractivity contribution >= 4 is 40.6 Å². The second-order valence-corrected chi connectivity index (χ2v) is 7.37. The maximum Gasteiger partial charge on any atom is 0.319 e. The van der Waals surface area contributed by atoms with Gasteiger partial charge in [0, 0.05) is 17.5 Å². The topological polar surface area (TPSA) is 94.3 Å². The zero-order valence-electron chi connectivity index (χ0n) is 14.8. The van der Waals surface area contributed by atoms with Crippen molar-refractivity contribution in [2.75, 3.05) is 11.9 Å². The van der Waals surface area contributed by atoms with E-state index in [2.05, 4.69) is 15.3 Å². The van der Waals surface area contributed by atoms with Crippen molar-refractivity contribution in [2.45, 2.75) is 30.7 Å². The third-order valence-electron chi connectivity index (χ3n) is 4.41. The number of rotatable bonds is 4. The minimum absolute atomic E-state index is 0.273. The molecule has 8 heteroatoms. The van der Waals surface area contributed by atoms with Gasteiger partial charge in [0.25, 0.3) is 5.91 Å². The lowest BCUT2D eigenvalue weighted by Gasteiger charge is -2.09. The summed E-state index contributed by atoms with van der Waals surface area (Å²) in [6, 6.07) is 8.89. The van der Waals surface area contributed by atoms with Crippen LogP contribution < -0.4 is 5.32 Å². The van der Waals surface area contributed by atoms with Crippen molar-refractivity contribution in [3.63, 3.8) is 0 Å². The SMILES string of the molecule is Cc1oc2nc(S[C@H]3CCOC3=O)nc(NC(=O)c3ccccc3)c2c1C. The number of fused-ring (bicyclic) bond motifs is 1. The molecule has 0 saturated carbocycles. The van der Waals surface area contributed by atoms with Crippen LogP contribution in [0.25, 0.3) is 11.1 Å². The van der Waals surface area contributed by atoms with Crippen LogP contribution >= 0.6 is 11.8 Å². The van der Waals surface area contributed by atoms with Gasteiger partial charge < -0.3 is 14.5 Å². The Balaban J connectivity index is 1.72.